The van der Waals surface area contributed by atoms with Gasteiger partial charge in [0.25, 0.3) is 5.91 Å². The maximum absolute atomic E-state index is 12.5. The molecule has 0 spiro atoms. The molecule has 1 unspecified atom stereocenters. The molecule has 1 fully saturated rings. The van der Waals surface area contributed by atoms with E-state index < -0.39 is 5.60 Å². The van der Waals surface area contributed by atoms with Gasteiger partial charge < -0.3 is 15.4 Å². The van der Waals surface area contributed by atoms with Gasteiger partial charge in [-0.1, -0.05) is 6.07 Å². The van der Waals surface area contributed by atoms with Crippen molar-refractivity contribution in [2.45, 2.75) is 39.4 Å². The first-order valence-electron chi connectivity index (χ1n) is 6.62. The Morgan fingerprint density at radius 2 is 2.05 bits per heavy atom. The largest absolute Gasteiger partial charge is 0.359 e. The Labute approximate surface area is 114 Å². The second-order valence-electron chi connectivity index (χ2n) is 5.67. The molecule has 1 aliphatic rings. The maximum atomic E-state index is 12.5. The van der Waals surface area contributed by atoms with Crippen LogP contribution in [0.3, 0.4) is 0 Å². The molecular weight excluding hydrogens is 240 g/mol. The Kier molecular flexibility index (Phi) is 3.65. The molecule has 1 amide bonds. The summed E-state index contributed by atoms with van der Waals surface area (Å²) in [7, 11) is 0. The highest BCUT2D eigenvalue weighted by Gasteiger charge is 2.41. The minimum Gasteiger partial charge on any atom is -0.359 e. The van der Waals surface area contributed by atoms with Crippen molar-refractivity contribution in [3.8, 4) is 0 Å². The minimum atomic E-state index is -0.818. The van der Waals surface area contributed by atoms with Crippen molar-refractivity contribution >= 4 is 11.6 Å². The molecule has 2 N–H and O–H groups in total. The maximum Gasteiger partial charge on any atom is 0.258 e. The Morgan fingerprint density at radius 3 is 2.63 bits per heavy atom. The van der Waals surface area contributed by atoms with Crippen molar-refractivity contribution < 1.29 is 9.53 Å². The van der Waals surface area contributed by atoms with Crippen LogP contribution in [0.5, 0.6) is 0 Å². The van der Waals surface area contributed by atoms with E-state index in [0.29, 0.717) is 13.1 Å². The lowest BCUT2D eigenvalue weighted by molar-refractivity contribution is -0.153. The smallest absolute Gasteiger partial charge is 0.258 e. The molecule has 0 bridgehead atoms. The van der Waals surface area contributed by atoms with Gasteiger partial charge in [0.15, 0.2) is 0 Å². The summed E-state index contributed by atoms with van der Waals surface area (Å²) in [6.45, 7) is 8.64. The molecule has 0 saturated carbocycles. The topological polar surface area (TPSA) is 55.6 Å². The van der Waals surface area contributed by atoms with Crippen LogP contribution < -0.4 is 10.6 Å². The predicted molar refractivity (Wildman–Crippen MR) is 76.3 cm³/mol. The lowest BCUT2D eigenvalue weighted by Gasteiger charge is -2.41. The molecule has 1 aliphatic heterocycles. The van der Waals surface area contributed by atoms with Gasteiger partial charge in [0.05, 0.1) is 12.6 Å². The molecule has 4 heteroatoms. The van der Waals surface area contributed by atoms with E-state index >= 15 is 0 Å². The molecule has 4 nitrogen and oxygen atoms in total. The molecule has 0 aliphatic carbocycles. The van der Waals surface area contributed by atoms with Crippen LogP contribution in [-0.4, -0.2) is 30.7 Å². The number of nitrogens with zero attached hydrogens (tertiary/aromatic N) is 1. The fourth-order valence-corrected chi connectivity index (χ4v) is 2.35. The number of aryl methyl sites for hydroxylation is 2. The SMILES string of the molecule is Cc1ccc(N2CC(CN)OC(C)(C)C2=O)cc1C. The van der Waals surface area contributed by atoms with Crippen LogP contribution in [0.15, 0.2) is 18.2 Å². The van der Waals surface area contributed by atoms with Gasteiger partial charge in [0, 0.05) is 12.2 Å². The van der Waals surface area contributed by atoms with Crippen molar-refractivity contribution in [3.63, 3.8) is 0 Å². The quantitative estimate of drug-likeness (QED) is 0.883. The number of hydrogen-bond donors (Lipinski definition) is 1. The van der Waals surface area contributed by atoms with E-state index in [4.69, 9.17) is 10.5 Å². The molecule has 0 aromatic heterocycles. The molecule has 1 atom stereocenters. The van der Waals surface area contributed by atoms with E-state index in [1.165, 1.54) is 11.1 Å². The van der Waals surface area contributed by atoms with Crippen molar-refractivity contribution in [2.24, 2.45) is 5.73 Å². The average molecular weight is 262 g/mol. The van der Waals surface area contributed by atoms with Crippen LogP contribution in [0.4, 0.5) is 5.69 Å². The summed E-state index contributed by atoms with van der Waals surface area (Å²) in [5, 5.41) is 0. The highest BCUT2D eigenvalue weighted by molar-refractivity contribution is 5.99. The fourth-order valence-electron chi connectivity index (χ4n) is 2.35. The first-order valence-corrected chi connectivity index (χ1v) is 6.62. The molecule has 1 aromatic carbocycles. The highest BCUT2D eigenvalue weighted by Crippen LogP contribution is 2.28. The van der Waals surface area contributed by atoms with Crippen molar-refractivity contribution in [3.05, 3.63) is 29.3 Å². The van der Waals surface area contributed by atoms with Gasteiger partial charge >= 0.3 is 0 Å². The van der Waals surface area contributed by atoms with Crippen LogP contribution in [0.25, 0.3) is 0 Å². The molecule has 1 heterocycles. The Bertz CT molecular complexity index is 497. The molecule has 0 radical (unpaired) electrons. The van der Waals surface area contributed by atoms with E-state index in [0.717, 1.165) is 5.69 Å². The zero-order valence-electron chi connectivity index (χ0n) is 12.1. The Balaban J connectivity index is 2.35. The van der Waals surface area contributed by atoms with E-state index in [2.05, 4.69) is 13.8 Å². The molecule has 2 rings (SSSR count). The summed E-state index contributed by atoms with van der Waals surface area (Å²) in [4.78, 5) is 14.3. The predicted octanol–water partition coefficient (Wildman–Crippen LogP) is 1.77. The highest BCUT2D eigenvalue weighted by atomic mass is 16.5. The first-order chi connectivity index (χ1) is 8.85. The first kappa shape index (κ1) is 14.0. The zero-order chi connectivity index (χ0) is 14.2. The van der Waals surface area contributed by atoms with Crippen LogP contribution >= 0.6 is 0 Å². The van der Waals surface area contributed by atoms with E-state index in [9.17, 15) is 4.79 Å². The van der Waals surface area contributed by atoms with E-state index in [1.54, 1.807) is 18.7 Å². The third kappa shape index (κ3) is 2.65. The number of benzene rings is 1. The van der Waals surface area contributed by atoms with Crippen LogP contribution in [0.1, 0.15) is 25.0 Å². The monoisotopic (exact) mass is 262 g/mol. The van der Waals surface area contributed by atoms with Crippen molar-refractivity contribution in [2.75, 3.05) is 18.0 Å². The number of carbonyl (C=O) groups excluding carboxylic acids is 1. The summed E-state index contributed by atoms with van der Waals surface area (Å²) in [6.07, 6.45) is -0.116. The normalized spacial score (nSPS) is 22.7. The summed E-state index contributed by atoms with van der Waals surface area (Å²) >= 11 is 0. The number of rotatable bonds is 2. The Hall–Kier alpha value is -1.39. The third-order valence-corrected chi connectivity index (χ3v) is 3.67. The summed E-state index contributed by atoms with van der Waals surface area (Å²) in [6, 6.07) is 6.06. The number of anilines is 1. The van der Waals surface area contributed by atoms with Gasteiger partial charge in [-0.05, 0) is 51.0 Å². The molecular formula is C15H22N2O2. The summed E-state index contributed by atoms with van der Waals surface area (Å²) < 4.78 is 5.72. The molecule has 1 saturated heterocycles. The Morgan fingerprint density at radius 1 is 1.37 bits per heavy atom. The number of carbonyl (C=O) groups is 1. The number of ether oxygens (including phenoxy) is 1. The average Bonchev–Trinajstić information content (AvgIpc) is 2.36. The molecule has 1 aromatic rings. The van der Waals surface area contributed by atoms with Crippen molar-refractivity contribution in [1.29, 1.82) is 0 Å². The van der Waals surface area contributed by atoms with Gasteiger partial charge in [0.1, 0.15) is 5.60 Å². The van der Waals surface area contributed by atoms with Gasteiger partial charge in [0.2, 0.25) is 0 Å². The van der Waals surface area contributed by atoms with Gasteiger partial charge in [-0.25, -0.2) is 0 Å². The van der Waals surface area contributed by atoms with Crippen molar-refractivity contribution in [1.82, 2.24) is 0 Å². The molecule has 104 valence electrons. The second kappa shape index (κ2) is 4.94. The number of amides is 1. The molecule has 19 heavy (non-hydrogen) atoms. The van der Waals surface area contributed by atoms with E-state index in [-0.39, 0.29) is 12.0 Å². The van der Waals surface area contributed by atoms with Gasteiger partial charge in [-0.2, -0.15) is 0 Å². The minimum absolute atomic E-state index is 0.0135. The summed E-state index contributed by atoms with van der Waals surface area (Å²) in [5.41, 5.74) is 8.20. The number of nitrogens with two attached hydrogens (primary N) is 1. The van der Waals surface area contributed by atoms with Gasteiger partial charge in [-0.15, -0.1) is 0 Å². The summed E-state index contributed by atoms with van der Waals surface area (Å²) in [5.74, 6) is -0.0135. The van der Waals surface area contributed by atoms with Crippen LogP contribution in [0, 0.1) is 13.8 Å². The zero-order valence-corrected chi connectivity index (χ0v) is 12.1. The van der Waals surface area contributed by atoms with Crippen LogP contribution in [-0.2, 0) is 9.53 Å². The number of hydrogen-bond acceptors (Lipinski definition) is 3. The second-order valence-corrected chi connectivity index (χ2v) is 5.67. The standard InChI is InChI=1S/C15H22N2O2/c1-10-5-6-12(7-11(10)2)17-9-13(8-16)19-15(3,4)14(17)18/h5-7,13H,8-9,16H2,1-4H3. The lowest BCUT2D eigenvalue weighted by Crippen LogP contribution is -2.59. The van der Waals surface area contributed by atoms with E-state index in [1.807, 2.05) is 18.2 Å². The fraction of sp³-hybridized carbons (Fsp3) is 0.533. The third-order valence-electron chi connectivity index (χ3n) is 3.67. The van der Waals surface area contributed by atoms with Crippen LogP contribution in [0.2, 0.25) is 0 Å². The van der Waals surface area contributed by atoms with Gasteiger partial charge in [-0.3, -0.25) is 4.79 Å². The number of morpholine rings is 1. The lowest BCUT2D eigenvalue weighted by atomic mass is 10.0.